The summed E-state index contributed by atoms with van der Waals surface area (Å²) in [6, 6.07) is 0. The first kappa shape index (κ1) is 30.8. The van der Waals surface area contributed by atoms with Crippen molar-refractivity contribution in [3.8, 4) is 0 Å². The zero-order valence-corrected chi connectivity index (χ0v) is 18.9. The van der Waals surface area contributed by atoms with Gasteiger partial charge in [-0.25, -0.2) is 4.57 Å². The van der Waals surface area contributed by atoms with Gasteiger partial charge in [-0.1, -0.05) is 103 Å². The number of phosphoric ester groups is 1. The summed E-state index contributed by atoms with van der Waals surface area (Å²) in [7, 11) is -3.94. The van der Waals surface area contributed by atoms with Crippen LogP contribution >= 0.6 is 7.82 Å². The van der Waals surface area contributed by atoms with Crippen molar-refractivity contribution in [2.24, 2.45) is 0 Å². The zero-order valence-electron chi connectivity index (χ0n) is 18.0. The average molecular weight is 439 g/mol. The van der Waals surface area contributed by atoms with Crippen LogP contribution in [-0.2, 0) is 18.3 Å². The van der Waals surface area contributed by atoms with Gasteiger partial charge in [0.05, 0.1) is 6.61 Å². The number of phosphoric acid groups is 1. The van der Waals surface area contributed by atoms with E-state index in [-0.39, 0.29) is 30.8 Å². The van der Waals surface area contributed by atoms with Gasteiger partial charge in [0.2, 0.25) is 0 Å². The van der Waals surface area contributed by atoms with Crippen LogP contribution in [0.25, 0.3) is 0 Å². The predicted octanol–water partition coefficient (Wildman–Crippen LogP) is 6.19. The van der Waals surface area contributed by atoms with Crippen molar-refractivity contribution in [1.82, 2.24) is 0 Å². The van der Waals surface area contributed by atoms with Gasteiger partial charge in [-0.3, -0.25) is 9.05 Å². The van der Waals surface area contributed by atoms with Gasteiger partial charge in [-0.15, -0.1) is 0 Å². The molecule has 5 nitrogen and oxygen atoms in total. The Labute approximate surface area is 185 Å². The van der Waals surface area contributed by atoms with E-state index in [0.29, 0.717) is 6.61 Å². The number of hydrogen-bond donors (Lipinski definition) is 1. The molecule has 0 aromatic carbocycles. The van der Waals surface area contributed by atoms with Crippen LogP contribution in [-0.4, -0.2) is 42.3 Å². The van der Waals surface area contributed by atoms with E-state index in [9.17, 15) is 9.46 Å². The fraction of sp³-hybridized carbons (Fsp3) is 1.00. The standard InChI is InChI=1S/C21H45O5P.Al.3H/c1-3-5-6-7-8-9-10-11-12-13-14-15-16-17-18-19-20-25-27(22,23)26-21-24-4-2;;;;/h3-21H2,1-2H3,(H,22,23);;;;. The lowest BCUT2D eigenvalue weighted by atomic mass is 10.0. The molecule has 0 aliphatic heterocycles. The molecule has 0 amide bonds. The predicted molar refractivity (Wildman–Crippen MR) is 123 cm³/mol. The van der Waals surface area contributed by atoms with E-state index in [1.54, 1.807) is 6.92 Å². The van der Waals surface area contributed by atoms with Crippen LogP contribution in [0.4, 0.5) is 0 Å². The summed E-state index contributed by atoms with van der Waals surface area (Å²) in [4.78, 5) is 9.40. The van der Waals surface area contributed by atoms with Crippen molar-refractivity contribution in [2.45, 2.75) is 117 Å². The molecular formula is C21H48AlO5P. The SMILES string of the molecule is CCCCCCCCCCCCCCCCCCOP(=O)(O)OCOCC.[AlH3]. The van der Waals surface area contributed by atoms with Gasteiger partial charge in [0, 0.05) is 6.61 Å². The summed E-state index contributed by atoms with van der Waals surface area (Å²) < 4.78 is 25.9. The molecule has 28 heavy (non-hydrogen) atoms. The van der Waals surface area contributed by atoms with Crippen molar-refractivity contribution in [1.29, 1.82) is 0 Å². The third-order valence-electron chi connectivity index (χ3n) is 4.76. The maximum atomic E-state index is 11.5. The highest BCUT2D eigenvalue weighted by atomic mass is 31.2. The molecule has 0 spiro atoms. The van der Waals surface area contributed by atoms with Crippen molar-refractivity contribution in [3.05, 3.63) is 0 Å². The molecule has 0 aliphatic rings. The Morgan fingerprint density at radius 3 is 1.43 bits per heavy atom. The molecule has 1 atom stereocenters. The topological polar surface area (TPSA) is 65.0 Å². The Hall–Kier alpha value is 0.602. The molecule has 0 radical (unpaired) electrons. The summed E-state index contributed by atoms with van der Waals surface area (Å²) in [5.74, 6) is 0. The second-order valence-corrected chi connectivity index (χ2v) is 8.80. The molecular weight excluding hydrogens is 390 g/mol. The van der Waals surface area contributed by atoms with Gasteiger partial charge in [0.25, 0.3) is 0 Å². The first-order valence-electron chi connectivity index (χ1n) is 11.3. The molecule has 0 aromatic heterocycles. The first-order chi connectivity index (χ1) is 13.1. The van der Waals surface area contributed by atoms with E-state index in [1.165, 1.54) is 83.5 Å². The summed E-state index contributed by atoms with van der Waals surface area (Å²) in [5, 5.41) is 0. The van der Waals surface area contributed by atoms with Gasteiger partial charge in [-0.2, -0.15) is 0 Å². The third-order valence-corrected chi connectivity index (χ3v) is 5.70. The zero-order chi connectivity index (χ0) is 20.1. The van der Waals surface area contributed by atoms with Crippen LogP contribution in [0.15, 0.2) is 0 Å². The highest BCUT2D eigenvalue weighted by Crippen LogP contribution is 2.43. The minimum absolute atomic E-state index is 0. The molecule has 0 aliphatic carbocycles. The molecule has 0 fully saturated rings. The lowest BCUT2D eigenvalue weighted by molar-refractivity contribution is -0.00241. The highest BCUT2D eigenvalue weighted by molar-refractivity contribution is 7.47. The fourth-order valence-electron chi connectivity index (χ4n) is 3.05. The molecule has 0 saturated carbocycles. The summed E-state index contributed by atoms with van der Waals surface area (Å²) in [6.45, 7) is 4.56. The van der Waals surface area contributed by atoms with Crippen LogP contribution in [0.1, 0.15) is 117 Å². The number of rotatable bonds is 22. The Balaban J connectivity index is 0. The molecule has 0 saturated heterocycles. The first-order valence-corrected chi connectivity index (χ1v) is 12.8. The monoisotopic (exact) mass is 438 g/mol. The minimum Gasteiger partial charge on any atom is -0.355 e. The van der Waals surface area contributed by atoms with E-state index in [0.717, 1.165) is 19.3 Å². The lowest BCUT2D eigenvalue weighted by Gasteiger charge is -2.11. The van der Waals surface area contributed by atoms with Crippen LogP contribution in [0.3, 0.4) is 0 Å². The highest BCUT2D eigenvalue weighted by Gasteiger charge is 2.20. The van der Waals surface area contributed by atoms with Gasteiger partial charge >= 0.3 is 7.82 Å². The third kappa shape index (κ3) is 24.6. The van der Waals surface area contributed by atoms with Crippen LogP contribution < -0.4 is 0 Å². The maximum Gasteiger partial charge on any atom is 0.474 e. The Bertz CT molecular complexity index is 345. The Kier molecular flexibility index (Phi) is 26.3. The molecule has 170 valence electrons. The minimum atomic E-state index is -3.94. The van der Waals surface area contributed by atoms with Crippen LogP contribution in [0.2, 0.25) is 0 Å². The largest absolute Gasteiger partial charge is 0.474 e. The smallest absolute Gasteiger partial charge is 0.355 e. The second-order valence-electron chi connectivity index (χ2n) is 7.34. The number of ether oxygens (including phenoxy) is 1. The molecule has 1 unspecified atom stereocenters. The average Bonchev–Trinajstić information content (AvgIpc) is 2.64. The number of hydrogen-bond acceptors (Lipinski definition) is 4. The van der Waals surface area contributed by atoms with Gasteiger partial charge in [-0.05, 0) is 13.3 Å². The Morgan fingerprint density at radius 2 is 1.04 bits per heavy atom. The van der Waals surface area contributed by atoms with Crippen LogP contribution in [0, 0.1) is 0 Å². The molecule has 0 bridgehead atoms. The summed E-state index contributed by atoms with van der Waals surface area (Å²) in [5.41, 5.74) is 0. The van der Waals surface area contributed by atoms with Gasteiger partial charge < -0.3 is 9.63 Å². The maximum absolute atomic E-state index is 11.5. The molecule has 1 N–H and O–H groups in total. The van der Waals surface area contributed by atoms with E-state index in [4.69, 9.17) is 9.26 Å². The van der Waals surface area contributed by atoms with Gasteiger partial charge in [0.15, 0.2) is 24.2 Å². The number of unbranched alkanes of at least 4 members (excludes halogenated alkanes) is 15. The van der Waals surface area contributed by atoms with Gasteiger partial charge in [0.1, 0.15) is 0 Å². The van der Waals surface area contributed by atoms with Crippen molar-refractivity contribution in [3.63, 3.8) is 0 Å². The van der Waals surface area contributed by atoms with E-state index in [2.05, 4.69) is 11.4 Å². The Morgan fingerprint density at radius 1 is 0.643 bits per heavy atom. The molecule has 0 aromatic rings. The molecule has 0 heterocycles. The molecule has 0 rings (SSSR count). The van der Waals surface area contributed by atoms with Crippen molar-refractivity contribution < 1.29 is 23.2 Å². The fourth-order valence-corrected chi connectivity index (χ4v) is 3.70. The van der Waals surface area contributed by atoms with Crippen molar-refractivity contribution in [2.75, 3.05) is 20.0 Å². The second kappa shape index (κ2) is 23.9. The summed E-state index contributed by atoms with van der Waals surface area (Å²) >= 11 is 0. The molecule has 7 heteroatoms. The van der Waals surface area contributed by atoms with Crippen LogP contribution in [0.5, 0.6) is 0 Å². The van der Waals surface area contributed by atoms with E-state index < -0.39 is 7.82 Å². The van der Waals surface area contributed by atoms with E-state index in [1.807, 2.05) is 0 Å². The quantitative estimate of drug-likeness (QED) is 0.0945. The lowest BCUT2D eigenvalue weighted by Crippen LogP contribution is -2.01. The van der Waals surface area contributed by atoms with E-state index >= 15 is 0 Å². The normalized spacial score (nSPS) is 13.2. The van der Waals surface area contributed by atoms with Crippen molar-refractivity contribution >= 4 is 25.2 Å². The summed E-state index contributed by atoms with van der Waals surface area (Å²) in [6.07, 6.45) is 20.9.